The van der Waals surface area contributed by atoms with E-state index in [4.69, 9.17) is 23.2 Å². The molecule has 0 fully saturated rings. The molecule has 2 aromatic rings. The van der Waals surface area contributed by atoms with Crippen molar-refractivity contribution >= 4 is 40.6 Å². The second kappa shape index (κ2) is 4.62. The van der Waals surface area contributed by atoms with Crippen molar-refractivity contribution in [2.75, 3.05) is 5.32 Å². The molecule has 1 N–H and O–H groups in total. The number of carbonyl (C=O) groups excluding carboxylic acids is 2. The van der Waals surface area contributed by atoms with Gasteiger partial charge < -0.3 is 5.32 Å². The van der Waals surface area contributed by atoms with Gasteiger partial charge in [0.15, 0.2) is 5.78 Å². The highest BCUT2D eigenvalue weighted by Gasteiger charge is 2.28. The molecule has 3 nitrogen and oxygen atoms in total. The minimum Gasteiger partial charge on any atom is -0.325 e. The summed E-state index contributed by atoms with van der Waals surface area (Å²) in [6, 6.07) is 8.47. The quantitative estimate of drug-likeness (QED) is 0.733. The van der Waals surface area contributed by atoms with Crippen molar-refractivity contribution in [3.63, 3.8) is 0 Å². The summed E-state index contributed by atoms with van der Waals surface area (Å²) in [5, 5.41) is 3.50. The predicted octanol–water partition coefficient (Wildman–Crippen LogP) is 4.16. The van der Waals surface area contributed by atoms with Crippen LogP contribution in [0, 0.1) is 0 Å². The highest BCUT2D eigenvalue weighted by molar-refractivity contribution is 6.36. The first kappa shape index (κ1) is 13.2. The molecule has 0 aliphatic heterocycles. The van der Waals surface area contributed by atoms with E-state index in [-0.39, 0.29) is 11.7 Å². The van der Waals surface area contributed by atoms with Gasteiger partial charge >= 0.3 is 0 Å². The number of amides is 1. The molecular formula is C15H9Cl2NO2. The van der Waals surface area contributed by atoms with Gasteiger partial charge in [-0.15, -0.1) is 0 Å². The number of hydrogen-bond acceptors (Lipinski definition) is 2. The van der Waals surface area contributed by atoms with E-state index in [0.717, 1.165) is 11.1 Å². The first-order chi connectivity index (χ1) is 9.47. The van der Waals surface area contributed by atoms with Gasteiger partial charge in [0.2, 0.25) is 5.91 Å². The van der Waals surface area contributed by atoms with Crippen molar-refractivity contribution in [2.45, 2.75) is 6.92 Å². The second-order valence-corrected chi connectivity index (χ2v) is 5.42. The normalized spacial score (nSPS) is 12.1. The Labute approximate surface area is 125 Å². The Hall–Kier alpha value is -1.84. The maximum absolute atomic E-state index is 12.3. The summed E-state index contributed by atoms with van der Waals surface area (Å²) >= 11 is 12.0. The lowest BCUT2D eigenvalue weighted by molar-refractivity contribution is -0.114. The average Bonchev–Trinajstić information content (AvgIpc) is 2.63. The van der Waals surface area contributed by atoms with Crippen LogP contribution in [0.1, 0.15) is 22.8 Å². The topological polar surface area (TPSA) is 46.2 Å². The number of fused-ring (bicyclic) bond motifs is 3. The van der Waals surface area contributed by atoms with Crippen LogP contribution in [0.2, 0.25) is 10.0 Å². The molecule has 20 heavy (non-hydrogen) atoms. The van der Waals surface area contributed by atoms with Crippen molar-refractivity contribution in [2.24, 2.45) is 0 Å². The average molecular weight is 306 g/mol. The minimum atomic E-state index is -0.215. The van der Waals surface area contributed by atoms with Crippen LogP contribution < -0.4 is 5.32 Å². The molecule has 0 heterocycles. The maximum atomic E-state index is 12.3. The highest BCUT2D eigenvalue weighted by atomic mass is 35.5. The number of anilines is 1. The van der Waals surface area contributed by atoms with Gasteiger partial charge in [0.25, 0.3) is 0 Å². The second-order valence-electron chi connectivity index (χ2n) is 4.58. The summed E-state index contributed by atoms with van der Waals surface area (Å²) in [6.45, 7) is 1.41. The van der Waals surface area contributed by atoms with E-state index in [1.54, 1.807) is 30.3 Å². The van der Waals surface area contributed by atoms with Crippen molar-refractivity contribution in [3.05, 3.63) is 51.5 Å². The molecule has 0 spiro atoms. The molecule has 1 aliphatic carbocycles. The molecule has 0 radical (unpaired) electrons. The van der Waals surface area contributed by atoms with E-state index in [9.17, 15) is 9.59 Å². The minimum absolute atomic E-state index is 0.103. The van der Waals surface area contributed by atoms with Crippen LogP contribution in [0.3, 0.4) is 0 Å². The number of nitrogens with one attached hydrogen (secondary N) is 1. The number of hydrogen-bond donors (Lipinski definition) is 1. The van der Waals surface area contributed by atoms with Gasteiger partial charge in [-0.05, 0) is 35.4 Å². The fraction of sp³-hybridized carbons (Fsp3) is 0.0667. The van der Waals surface area contributed by atoms with Gasteiger partial charge in [-0.25, -0.2) is 0 Å². The van der Waals surface area contributed by atoms with Crippen LogP contribution in [-0.4, -0.2) is 11.7 Å². The summed E-state index contributed by atoms with van der Waals surface area (Å²) in [5.41, 5.74) is 3.14. The molecule has 0 unspecified atom stereocenters. The zero-order chi connectivity index (χ0) is 14.4. The summed E-state index contributed by atoms with van der Waals surface area (Å²) < 4.78 is 0. The van der Waals surface area contributed by atoms with Crippen molar-refractivity contribution in [3.8, 4) is 11.1 Å². The van der Waals surface area contributed by atoms with Crippen LogP contribution in [0.25, 0.3) is 11.1 Å². The Bertz CT molecular complexity index is 769. The van der Waals surface area contributed by atoms with Gasteiger partial charge in [0.1, 0.15) is 0 Å². The molecule has 1 amide bonds. The lowest BCUT2D eigenvalue weighted by Gasteiger charge is -2.08. The Morgan fingerprint density at radius 1 is 1.00 bits per heavy atom. The van der Waals surface area contributed by atoms with E-state index in [2.05, 4.69) is 5.32 Å². The summed E-state index contributed by atoms with van der Waals surface area (Å²) in [4.78, 5) is 23.5. The highest BCUT2D eigenvalue weighted by Crippen LogP contribution is 2.41. The molecule has 0 atom stereocenters. The molecular weight excluding hydrogens is 297 g/mol. The number of benzene rings is 2. The SMILES string of the molecule is CC(=O)Nc1cc2c(cc1Cl)C(=O)c1cc(Cl)ccc1-2. The summed E-state index contributed by atoms with van der Waals surface area (Å²) in [5.74, 6) is -0.318. The zero-order valence-corrected chi connectivity index (χ0v) is 12.0. The Kier molecular flexibility index (Phi) is 3.04. The third kappa shape index (κ3) is 1.99. The third-order valence-corrected chi connectivity index (χ3v) is 3.73. The van der Waals surface area contributed by atoms with Gasteiger partial charge in [0.05, 0.1) is 10.7 Å². The molecule has 0 bridgehead atoms. The van der Waals surface area contributed by atoms with Crippen molar-refractivity contribution in [1.82, 2.24) is 0 Å². The third-order valence-electron chi connectivity index (χ3n) is 3.18. The van der Waals surface area contributed by atoms with Crippen LogP contribution in [0.4, 0.5) is 5.69 Å². The van der Waals surface area contributed by atoms with E-state index < -0.39 is 0 Å². The molecule has 100 valence electrons. The molecule has 1 aliphatic rings. The number of ketones is 1. The number of rotatable bonds is 1. The zero-order valence-electron chi connectivity index (χ0n) is 10.5. The molecule has 5 heteroatoms. The Morgan fingerprint density at radius 3 is 2.40 bits per heavy atom. The monoisotopic (exact) mass is 305 g/mol. The molecule has 3 rings (SSSR count). The fourth-order valence-corrected chi connectivity index (χ4v) is 2.74. The van der Waals surface area contributed by atoms with Crippen molar-refractivity contribution < 1.29 is 9.59 Å². The van der Waals surface area contributed by atoms with E-state index in [0.29, 0.717) is 26.9 Å². The van der Waals surface area contributed by atoms with E-state index >= 15 is 0 Å². The lowest BCUT2D eigenvalue weighted by Crippen LogP contribution is -2.06. The largest absolute Gasteiger partial charge is 0.325 e. The van der Waals surface area contributed by atoms with E-state index in [1.165, 1.54) is 6.92 Å². The first-order valence-corrected chi connectivity index (χ1v) is 6.68. The first-order valence-electron chi connectivity index (χ1n) is 5.93. The van der Waals surface area contributed by atoms with Gasteiger partial charge in [-0.3, -0.25) is 9.59 Å². The predicted molar refractivity (Wildman–Crippen MR) is 79.6 cm³/mol. The summed E-state index contributed by atoms with van der Waals surface area (Å²) in [7, 11) is 0. The lowest BCUT2D eigenvalue weighted by atomic mass is 10.1. The van der Waals surface area contributed by atoms with E-state index in [1.807, 2.05) is 0 Å². The molecule has 0 aromatic heterocycles. The molecule has 0 saturated carbocycles. The van der Waals surface area contributed by atoms with Crippen LogP contribution >= 0.6 is 23.2 Å². The number of halogens is 2. The molecule has 2 aromatic carbocycles. The van der Waals surface area contributed by atoms with Crippen LogP contribution in [0.5, 0.6) is 0 Å². The Balaban J connectivity index is 2.22. The van der Waals surface area contributed by atoms with Gasteiger partial charge in [-0.1, -0.05) is 29.3 Å². The maximum Gasteiger partial charge on any atom is 0.221 e. The van der Waals surface area contributed by atoms with Crippen LogP contribution in [-0.2, 0) is 4.79 Å². The number of carbonyl (C=O) groups is 2. The fourth-order valence-electron chi connectivity index (χ4n) is 2.35. The molecule has 0 saturated heterocycles. The van der Waals surface area contributed by atoms with Crippen LogP contribution in [0.15, 0.2) is 30.3 Å². The van der Waals surface area contributed by atoms with Gasteiger partial charge in [0, 0.05) is 23.1 Å². The Morgan fingerprint density at radius 2 is 1.70 bits per heavy atom. The van der Waals surface area contributed by atoms with Gasteiger partial charge in [-0.2, -0.15) is 0 Å². The van der Waals surface area contributed by atoms with Crippen molar-refractivity contribution in [1.29, 1.82) is 0 Å². The standard InChI is InChI=1S/C15H9Cl2NO2/c1-7(19)18-14-6-10-9-3-2-8(16)4-11(9)15(20)12(10)5-13(14)17/h2-6H,1H3,(H,18,19). The smallest absolute Gasteiger partial charge is 0.221 e. The summed E-state index contributed by atoms with van der Waals surface area (Å²) in [6.07, 6.45) is 0.